The van der Waals surface area contributed by atoms with Crippen LogP contribution in [0.4, 0.5) is 5.82 Å². The molecule has 31 heavy (non-hydrogen) atoms. The van der Waals surface area contributed by atoms with Crippen LogP contribution in [0.1, 0.15) is 30.9 Å². The number of sulfonamides is 2. The van der Waals surface area contributed by atoms with Gasteiger partial charge in [-0.3, -0.25) is 0 Å². The zero-order chi connectivity index (χ0) is 22.4. The number of aromatic nitrogens is 1. The fourth-order valence-electron chi connectivity index (χ4n) is 4.62. The van der Waals surface area contributed by atoms with Gasteiger partial charge in [-0.05, 0) is 60.8 Å². The summed E-state index contributed by atoms with van der Waals surface area (Å²) in [5.41, 5.74) is 1.36. The second-order valence-corrected chi connectivity index (χ2v) is 12.3. The minimum Gasteiger partial charge on any atom is -0.370 e. The molecular weight excluding hydrogens is 436 g/mol. The highest BCUT2D eigenvalue weighted by molar-refractivity contribution is 7.89. The maximum Gasteiger partial charge on any atom is 0.244 e. The number of nitrogens with one attached hydrogen (secondary N) is 1. The van der Waals surface area contributed by atoms with Gasteiger partial charge in [0.25, 0.3) is 0 Å². The molecule has 0 radical (unpaired) electrons. The predicted octanol–water partition coefficient (Wildman–Crippen LogP) is 2.11. The molecular formula is C21H28N4O4S2. The molecule has 10 heteroatoms. The summed E-state index contributed by atoms with van der Waals surface area (Å²) in [6.45, 7) is 5.52. The topological polar surface area (TPSA) is 122 Å². The zero-order valence-electron chi connectivity index (χ0n) is 17.7. The molecule has 2 heterocycles. The molecule has 2 fully saturated rings. The van der Waals surface area contributed by atoms with Crippen LogP contribution in [0.25, 0.3) is 0 Å². The van der Waals surface area contributed by atoms with Crippen molar-refractivity contribution in [1.29, 1.82) is 0 Å². The van der Waals surface area contributed by atoms with E-state index in [2.05, 4.69) is 17.2 Å². The molecule has 1 saturated heterocycles. The smallest absolute Gasteiger partial charge is 0.244 e. The molecule has 1 aliphatic carbocycles. The number of hydrogen-bond acceptors (Lipinski definition) is 6. The Bertz CT molecular complexity index is 1210. The number of rotatable bonds is 7. The monoisotopic (exact) mass is 464 g/mol. The molecule has 168 valence electrons. The summed E-state index contributed by atoms with van der Waals surface area (Å²) in [5, 5.41) is 8.41. The van der Waals surface area contributed by atoms with E-state index < -0.39 is 20.0 Å². The Morgan fingerprint density at radius 2 is 1.97 bits per heavy atom. The number of nitrogens with two attached hydrogens (primary N) is 1. The van der Waals surface area contributed by atoms with E-state index in [1.807, 2.05) is 0 Å². The van der Waals surface area contributed by atoms with E-state index in [1.165, 1.54) is 12.3 Å². The van der Waals surface area contributed by atoms with E-state index in [4.69, 9.17) is 5.14 Å². The number of primary sulfonamides is 1. The number of benzene rings is 1. The highest BCUT2D eigenvalue weighted by Crippen LogP contribution is 2.52. The SMILES string of the molecule is Cc1cc(NCCc2ccccc2S(N)(=O)=O)ncc1S(=O)(=O)N1CC2CCC2(C)C1. The number of nitrogens with zero attached hydrogens (tertiary/aromatic N) is 2. The van der Waals surface area contributed by atoms with Crippen molar-refractivity contribution in [1.82, 2.24) is 9.29 Å². The van der Waals surface area contributed by atoms with Crippen LogP contribution >= 0.6 is 0 Å². The number of aryl methyl sites for hydroxylation is 1. The Labute approximate surface area is 184 Å². The Hall–Kier alpha value is -2.01. The fraction of sp³-hybridized carbons (Fsp3) is 0.476. The molecule has 0 amide bonds. The van der Waals surface area contributed by atoms with Gasteiger partial charge in [-0.25, -0.2) is 27.0 Å². The largest absolute Gasteiger partial charge is 0.370 e. The van der Waals surface area contributed by atoms with Crippen LogP contribution in [-0.2, 0) is 26.5 Å². The fourth-order valence-corrected chi connectivity index (χ4v) is 7.19. The lowest BCUT2D eigenvalue weighted by molar-refractivity contribution is 0.110. The molecule has 1 aromatic heterocycles. The normalized spacial score (nSPS) is 23.9. The summed E-state index contributed by atoms with van der Waals surface area (Å²) in [6, 6.07) is 8.31. The molecule has 1 aliphatic heterocycles. The molecule has 8 nitrogen and oxygen atoms in total. The van der Waals surface area contributed by atoms with Gasteiger partial charge < -0.3 is 5.32 Å². The molecule has 3 N–H and O–H groups in total. The molecule has 0 spiro atoms. The van der Waals surface area contributed by atoms with E-state index in [-0.39, 0.29) is 15.2 Å². The first-order chi connectivity index (χ1) is 14.5. The van der Waals surface area contributed by atoms with Crippen molar-refractivity contribution in [2.75, 3.05) is 25.0 Å². The van der Waals surface area contributed by atoms with E-state index in [0.717, 1.165) is 12.8 Å². The Balaban J connectivity index is 1.44. The Kier molecular flexibility index (Phi) is 5.61. The second kappa shape index (κ2) is 7.84. The van der Waals surface area contributed by atoms with Crippen molar-refractivity contribution in [2.45, 2.75) is 42.9 Å². The standard InChI is InChI=1S/C21H28N4O4S2/c1-15-11-20(23-10-8-16-5-3-4-6-18(16)30(22,26)27)24-12-19(15)31(28,29)25-13-17-7-9-21(17,2)14-25/h3-6,11-12,17H,7-10,13-14H2,1-2H3,(H,23,24)(H2,22,26,27). The first-order valence-corrected chi connectivity index (χ1v) is 13.3. The Morgan fingerprint density at radius 3 is 2.55 bits per heavy atom. The number of fused-ring (bicyclic) bond motifs is 1. The lowest BCUT2D eigenvalue weighted by Gasteiger charge is -2.40. The molecule has 2 aromatic rings. The van der Waals surface area contributed by atoms with Gasteiger partial charge >= 0.3 is 0 Å². The van der Waals surface area contributed by atoms with Gasteiger partial charge in [-0.15, -0.1) is 0 Å². The van der Waals surface area contributed by atoms with Gasteiger partial charge in [0.1, 0.15) is 10.7 Å². The molecule has 4 rings (SSSR count). The summed E-state index contributed by atoms with van der Waals surface area (Å²) >= 11 is 0. The maximum absolute atomic E-state index is 13.2. The van der Waals surface area contributed by atoms with Crippen LogP contribution in [0.15, 0.2) is 46.3 Å². The van der Waals surface area contributed by atoms with Crippen LogP contribution in [0.2, 0.25) is 0 Å². The van der Waals surface area contributed by atoms with E-state index in [0.29, 0.717) is 48.9 Å². The number of hydrogen-bond donors (Lipinski definition) is 2. The van der Waals surface area contributed by atoms with Gasteiger partial charge in [-0.2, -0.15) is 4.31 Å². The van der Waals surface area contributed by atoms with Gasteiger partial charge in [0.05, 0.1) is 4.90 Å². The van der Waals surface area contributed by atoms with Gasteiger partial charge in [0, 0.05) is 25.8 Å². The molecule has 1 saturated carbocycles. The van der Waals surface area contributed by atoms with Crippen molar-refractivity contribution in [2.24, 2.45) is 16.5 Å². The predicted molar refractivity (Wildman–Crippen MR) is 119 cm³/mol. The summed E-state index contributed by atoms with van der Waals surface area (Å²) in [7, 11) is -7.36. The lowest BCUT2D eigenvalue weighted by atomic mass is 9.64. The van der Waals surface area contributed by atoms with Crippen LogP contribution in [-0.4, -0.2) is 45.8 Å². The van der Waals surface area contributed by atoms with Gasteiger partial charge in [0.2, 0.25) is 20.0 Å². The quantitative estimate of drug-likeness (QED) is 0.647. The molecule has 2 atom stereocenters. The first-order valence-electron chi connectivity index (χ1n) is 10.3. The average molecular weight is 465 g/mol. The summed E-state index contributed by atoms with van der Waals surface area (Å²) < 4.78 is 51.4. The van der Waals surface area contributed by atoms with Gasteiger partial charge in [-0.1, -0.05) is 25.1 Å². The lowest BCUT2D eigenvalue weighted by Crippen LogP contribution is -2.36. The summed E-state index contributed by atoms with van der Waals surface area (Å²) in [4.78, 5) is 4.64. The van der Waals surface area contributed by atoms with Crippen molar-refractivity contribution in [3.63, 3.8) is 0 Å². The van der Waals surface area contributed by atoms with Gasteiger partial charge in [0.15, 0.2) is 0 Å². The van der Waals surface area contributed by atoms with E-state index >= 15 is 0 Å². The summed E-state index contributed by atoms with van der Waals surface area (Å²) in [5.74, 6) is 0.995. The van der Waals surface area contributed by atoms with Crippen molar-refractivity contribution >= 4 is 25.9 Å². The van der Waals surface area contributed by atoms with Crippen LogP contribution in [0, 0.1) is 18.3 Å². The molecule has 2 unspecified atom stereocenters. The highest BCUT2D eigenvalue weighted by Gasteiger charge is 2.52. The van der Waals surface area contributed by atoms with E-state index in [9.17, 15) is 16.8 Å². The second-order valence-electron chi connectivity index (χ2n) is 8.85. The first kappa shape index (κ1) is 22.2. The Morgan fingerprint density at radius 1 is 1.23 bits per heavy atom. The third-order valence-corrected chi connectivity index (χ3v) is 9.62. The van der Waals surface area contributed by atoms with E-state index in [1.54, 1.807) is 35.5 Å². The highest BCUT2D eigenvalue weighted by atomic mass is 32.2. The van der Waals surface area contributed by atoms with Crippen LogP contribution in [0.3, 0.4) is 0 Å². The van der Waals surface area contributed by atoms with Crippen LogP contribution in [0.5, 0.6) is 0 Å². The maximum atomic E-state index is 13.2. The molecule has 0 bridgehead atoms. The average Bonchev–Trinajstić information content (AvgIpc) is 2.92. The minimum absolute atomic E-state index is 0.107. The van der Waals surface area contributed by atoms with Crippen molar-refractivity contribution in [3.05, 3.63) is 47.7 Å². The third-order valence-electron chi connectivity index (χ3n) is 6.67. The molecule has 1 aromatic carbocycles. The molecule has 2 aliphatic rings. The number of anilines is 1. The zero-order valence-corrected chi connectivity index (χ0v) is 19.3. The van der Waals surface area contributed by atoms with Crippen molar-refractivity contribution < 1.29 is 16.8 Å². The summed E-state index contributed by atoms with van der Waals surface area (Å²) in [6.07, 6.45) is 4.02. The minimum atomic E-state index is -3.79. The van der Waals surface area contributed by atoms with Crippen molar-refractivity contribution in [3.8, 4) is 0 Å². The number of pyridine rings is 1. The third kappa shape index (κ3) is 4.21. The van der Waals surface area contributed by atoms with Crippen LogP contribution < -0.4 is 10.5 Å².